The maximum absolute atomic E-state index is 12.6. The second-order valence-electron chi connectivity index (χ2n) is 7.33. The van der Waals surface area contributed by atoms with Gasteiger partial charge in [0, 0.05) is 44.2 Å². The molecule has 2 amide bonds. The first-order valence-electron chi connectivity index (χ1n) is 9.55. The Balaban J connectivity index is 1.37. The number of amides is 2. The van der Waals surface area contributed by atoms with Crippen molar-refractivity contribution >= 4 is 28.3 Å². The molecule has 0 radical (unpaired) electrons. The van der Waals surface area contributed by atoms with E-state index < -0.39 is 5.66 Å². The SMILES string of the molecule is C#CCCC1(CCNC(=O)C2CC(=O)N(c3cccc4ccccc34)C2)N=N1. The highest BCUT2D eigenvalue weighted by Gasteiger charge is 2.39. The Morgan fingerprint density at radius 3 is 2.79 bits per heavy atom. The van der Waals surface area contributed by atoms with Crippen molar-refractivity contribution in [3.05, 3.63) is 42.5 Å². The molecular weight excluding hydrogens is 352 g/mol. The minimum absolute atomic E-state index is 0.0193. The molecule has 0 aromatic heterocycles. The van der Waals surface area contributed by atoms with E-state index in [1.807, 2.05) is 42.5 Å². The molecule has 1 atom stereocenters. The van der Waals surface area contributed by atoms with Crippen LogP contribution in [0.2, 0.25) is 0 Å². The number of nitrogens with zero attached hydrogens (tertiary/aromatic N) is 3. The van der Waals surface area contributed by atoms with E-state index in [9.17, 15) is 9.59 Å². The standard InChI is InChI=1S/C22H22N4O2/c1-2-3-11-22(24-25-22)12-13-23-21(28)17-14-20(27)26(15-17)19-10-6-8-16-7-4-5-9-18(16)19/h1,4-10,17H,3,11-15H2,(H,23,28). The molecule has 2 aromatic carbocycles. The monoisotopic (exact) mass is 374 g/mol. The number of carbonyl (C=O) groups is 2. The molecule has 142 valence electrons. The summed E-state index contributed by atoms with van der Waals surface area (Å²) in [7, 11) is 0. The molecule has 1 unspecified atom stereocenters. The summed E-state index contributed by atoms with van der Waals surface area (Å²) in [6, 6.07) is 13.9. The quantitative estimate of drug-likeness (QED) is 0.756. The third kappa shape index (κ3) is 3.61. The van der Waals surface area contributed by atoms with Crippen LogP contribution in [0.1, 0.15) is 25.7 Å². The summed E-state index contributed by atoms with van der Waals surface area (Å²) in [4.78, 5) is 26.9. The van der Waals surface area contributed by atoms with Crippen molar-refractivity contribution in [1.82, 2.24) is 5.32 Å². The predicted octanol–water partition coefficient (Wildman–Crippen LogP) is 3.27. The number of carbonyl (C=O) groups excluding carboxylic acids is 2. The molecule has 0 saturated carbocycles. The highest BCUT2D eigenvalue weighted by atomic mass is 16.2. The highest BCUT2D eigenvalue weighted by molar-refractivity contribution is 6.06. The van der Waals surface area contributed by atoms with Crippen molar-refractivity contribution in [3.63, 3.8) is 0 Å². The van der Waals surface area contributed by atoms with Crippen molar-refractivity contribution < 1.29 is 9.59 Å². The van der Waals surface area contributed by atoms with Gasteiger partial charge in [0.1, 0.15) is 0 Å². The molecule has 0 spiro atoms. The summed E-state index contributed by atoms with van der Waals surface area (Å²) < 4.78 is 0. The Bertz CT molecular complexity index is 980. The maximum Gasteiger partial charge on any atom is 0.227 e. The minimum atomic E-state index is -0.403. The van der Waals surface area contributed by atoms with Crippen molar-refractivity contribution in [3.8, 4) is 12.3 Å². The Kier molecular flexibility index (Phi) is 4.82. The third-order valence-corrected chi connectivity index (χ3v) is 5.43. The van der Waals surface area contributed by atoms with Crippen molar-refractivity contribution in [2.24, 2.45) is 16.1 Å². The lowest BCUT2D eigenvalue weighted by molar-refractivity contribution is -0.126. The Hall–Kier alpha value is -3.20. The van der Waals surface area contributed by atoms with Gasteiger partial charge in [-0.3, -0.25) is 9.59 Å². The maximum atomic E-state index is 12.6. The fourth-order valence-corrected chi connectivity index (χ4v) is 3.76. The number of terminal acetylenes is 1. The first-order chi connectivity index (χ1) is 13.6. The van der Waals surface area contributed by atoms with Gasteiger partial charge >= 0.3 is 0 Å². The van der Waals surface area contributed by atoms with Gasteiger partial charge in [0.15, 0.2) is 5.66 Å². The first-order valence-corrected chi connectivity index (χ1v) is 9.55. The zero-order valence-corrected chi connectivity index (χ0v) is 15.6. The van der Waals surface area contributed by atoms with Gasteiger partial charge in [-0.2, -0.15) is 10.2 Å². The number of benzene rings is 2. The van der Waals surface area contributed by atoms with Crippen LogP contribution in [-0.4, -0.2) is 30.6 Å². The summed E-state index contributed by atoms with van der Waals surface area (Å²) in [6.07, 6.45) is 7.51. The second-order valence-corrected chi connectivity index (χ2v) is 7.33. The van der Waals surface area contributed by atoms with E-state index in [2.05, 4.69) is 21.5 Å². The molecule has 2 aliphatic heterocycles. The molecule has 4 rings (SSSR count). The second kappa shape index (κ2) is 7.43. The van der Waals surface area contributed by atoms with Crippen LogP contribution >= 0.6 is 0 Å². The number of fused-ring (bicyclic) bond motifs is 1. The van der Waals surface area contributed by atoms with E-state index in [1.54, 1.807) is 4.90 Å². The minimum Gasteiger partial charge on any atom is -0.356 e. The van der Waals surface area contributed by atoms with Gasteiger partial charge in [-0.05, 0) is 11.5 Å². The molecular formula is C22H22N4O2. The molecule has 0 bridgehead atoms. The largest absolute Gasteiger partial charge is 0.356 e. The Morgan fingerprint density at radius 1 is 1.21 bits per heavy atom. The lowest BCUT2D eigenvalue weighted by Crippen LogP contribution is -2.35. The van der Waals surface area contributed by atoms with E-state index in [1.165, 1.54) is 0 Å². The van der Waals surface area contributed by atoms with Gasteiger partial charge in [0.2, 0.25) is 11.8 Å². The molecule has 0 aliphatic carbocycles. The summed E-state index contributed by atoms with van der Waals surface area (Å²) in [5.74, 6) is 2.14. The fraction of sp³-hybridized carbons (Fsp3) is 0.364. The van der Waals surface area contributed by atoms with E-state index in [0.29, 0.717) is 25.9 Å². The van der Waals surface area contributed by atoms with Crippen LogP contribution < -0.4 is 10.2 Å². The van der Waals surface area contributed by atoms with Gasteiger partial charge in [0.05, 0.1) is 11.6 Å². The van der Waals surface area contributed by atoms with Crippen molar-refractivity contribution in [2.75, 3.05) is 18.0 Å². The summed E-state index contributed by atoms with van der Waals surface area (Å²) in [5, 5.41) is 13.2. The van der Waals surface area contributed by atoms with Gasteiger partial charge in [-0.15, -0.1) is 12.3 Å². The molecule has 1 saturated heterocycles. The molecule has 6 heteroatoms. The van der Waals surface area contributed by atoms with Gasteiger partial charge in [-0.25, -0.2) is 0 Å². The number of nitrogens with one attached hydrogen (secondary N) is 1. The fourth-order valence-electron chi connectivity index (χ4n) is 3.76. The van der Waals surface area contributed by atoms with Crippen LogP contribution in [0.4, 0.5) is 5.69 Å². The van der Waals surface area contributed by atoms with E-state index in [0.717, 1.165) is 22.9 Å². The number of hydrogen-bond acceptors (Lipinski definition) is 4. The molecule has 1 fully saturated rings. The van der Waals surface area contributed by atoms with Crippen LogP contribution in [0.15, 0.2) is 52.7 Å². The third-order valence-electron chi connectivity index (χ3n) is 5.43. The number of hydrogen-bond donors (Lipinski definition) is 1. The number of rotatable bonds is 7. The Morgan fingerprint density at radius 2 is 2.00 bits per heavy atom. The Labute approximate surface area is 164 Å². The van der Waals surface area contributed by atoms with Crippen molar-refractivity contribution in [1.29, 1.82) is 0 Å². The summed E-state index contributed by atoms with van der Waals surface area (Å²) in [6.45, 7) is 0.880. The summed E-state index contributed by atoms with van der Waals surface area (Å²) in [5.41, 5.74) is 0.461. The zero-order chi connectivity index (χ0) is 19.6. The van der Waals surface area contributed by atoms with Crippen LogP contribution in [0, 0.1) is 18.3 Å². The molecule has 28 heavy (non-hydrogen) atoms. The van der Waals surface area contributed by atoms with Gasteiger partial charge in [-0.1, -0.05) is 36.4 Å². The van der Waals surface area contributed by atoms with Crippen LogP contribution in [-0.2, 0) is 9.59 Å². The topological polar surface area (TPSA) is 74.1 Å². The molecule has 1 N–H and O–H groups in total. The average molecular weight is 374 g/mol. The van der Waals surface area contributed by atoms with E-state index in [4.69, 9.17) is 6.42 Å². The normalized spacial score (nSPS) is 19.6. The van der Waals surface area contributed by atoms with Gasteiger partial charge in [0.25, 0.3) is 0 Å². The molecule has 2 aliphatic rings. The van der Waals surface area contributed by atoms with Crippen LogP contribution in [0.5, 0.6) is 0 Å². The highest BCUT2D eigenvalue weighted by Crippen LogP contribution is 2.36. The lowest BCUT2D eigenvalue weighted by atomic mass is 10.0. The van der Waals surface area contributed by atoms with Gasteiger partial charge < -0.3 is 10.2 Å². The first kappa shape index (κ1) is 18.2. The van der Waals surface area contributed by atoms with Crippen LogP contribution in [0.25, 0.3) is 10.8 Å². The predicted molar refractivity (Wildman–Crippen MR) is 108 cm³/mol. The zero-order valence-electron chi connectivity index (χ0n) is 15.6. The average Bonchev–Trinajstić information content (AvgIpc) is 3.38. The smallest absolute Gasteiger partial charge is 0.227 e. The summed E-state index contributed by atoms with van der Waals surface area (Å²) >= 11 is 0. The lowest BCUT2D eigenvalue weighted by Gasteiger charge is -2.19. The number of anilines is 1. The van der Waals surface area contributed by atoms with Crippen LogP contribution in [0.3, 0.4) is 0 Å². The molecule has 2 aromatic rings. The molecule has 2 heterocycles. The van der Waals surface area contributed by atoms with E-state index in [-0.39, 0.29) is 24.2 Å². The van der Waals surface area contributed by atoms with E-state index >= 15 is 0 Å². The molecule has 6 nitrogen and oxygen atoms in total. The van der Waals surface area contributed by atoms with Crippen molar-refractivity contribution in [2.45, 2.75) is 31.3 Å².